The van der Waals surface area contributed by atoms with E-state index in [2.05, 4.69) is 24.0 Å². The second kappa shape index (κ2) is 8.65. The first-order chi connectivity index (χ1) is 14.2. The highest BCUT2D eigenvalue weighted by molar-refractivity contribution is 8.12. The molecule has 0 N–H and O–H groups in total. The van der Waals surface area contributed by atoms with Crippen molar-refractivity contribution in [1.29, 1.82) is 0 Å². The summed E-state index contributed by atoms with van der Waals surface area (Å²) in [4.78, 5) is 10.9. The maximum absolute atomic E-state index is 5.79. The van der Waals surface area contributed by atoms with Crippen LogP contribution in [0.15, 0.2) is 52.9 Å². The van der Waals surface area contributed by atoms with Gasteiger partial charge in [-0.2, -0.15) is 0 Å². The smallest absolute Gasteiger partial charge is 0.128 e. The van der Waals surface area contributed by atoms with Crippen molar-refractivity contribution in [2.75, 3.05) is 6.54 Å². The second-order valence-corrected chi connectivity index (χ2v) is 9.44. The van der Waals surface area contributed by atoms with Crippen molar-refractivity contribution in [1.82, 2.24) is 4.90 Å². The summed E-state index contributed by atoms with van der Waals surface area (Å²) in [5, 5.41) is 1.12. The van der Waals surface area contributed by atoms with Crippen molar-refractivity contribution in [3.63, 3.8) is 0 Å². The van der Waals surface area contributed by atoms with E-state index >= 15 is 0 Å². The summed E-state index contributed by atoms with van der Waals surface area (Å²) in [6, 6.07) is 0. The molecule has 1 saturated heterocycles. The average molecular weight is 419 g/mol. The van der Waals surface area contributed by atoms with Crippen LogP contribution in [0.3, 0.4) is 0 Å². The molecule has 0 radical (unpaired) electrons. The van der Waals surface area contributed by atoms with Crippen molar-refractivity contribution >= 4 is 44.5 Å². The SMILES string of the molecule is C#C/C(=C\C=C/C)SC1=C(C=C)CCc2c1sc1c2C(=C)N2CCCCCC2=N1. The molecule has 4 rings (SSSR count). The molecule has 1 fully saturated rings. The van der Waals surface area contributed by atoms with Gasteiger partial charge in [-0.25, -0.2) is 4.99 Å². The quantitative estimate of drug-likeness (QED) is 0.376. The fourth-order valence-electron chi connectivity index (χ4n) is 4.13. The maximum Gasteiger partial charge on any atom is 0.128 e. The molecule has 1 aromatic rings. The molecule has 0 saturated carbocycles. The number of thiophene rings is 1. The van der Waals surface area contributed by atoms with E-state index in [0.29, 0.717) is 0 Å². The normalized spacial score (nSPS) is 19.3. The Kier molecular flexibility index (Phi) is 5.99. The minimum atomic E-state index is 0.913. The Bertz CT molecular complexity index is 1020. The number of allylic oxidation sites excluding steroid dienone is 6. The zero-order chi connectivity index (χ0) is 20.4. The fourth-order valence-corrected chi connectivity index (χ4v) is 6.58. The number of rotatable bonds is 4. The largest absolute Gasteiger partial charge is 0.330 e. The van der Waals surface area contributed by atoms with Crippen LogP contribution in [0.1, 0.15) is 55.0 Å². The Morgan fingerprint density at radius 1 is 1.28 bits per heavy atom. The zero-order valence-corrected chi connectivity index (χ0v) is 18.6. The van der Waals surface area contributed by atoms with Gasteiger partial charge >= 0.3 is 0 Å². The van der Waals surface area contributed by atoms with Gasteiger partial charge < -0.3 is 4.90 Å². The van der Waals surface area contributed by atoms with Crippen LogP contribution in [0, 0.1) is 12.3 Å². The van der Waals surface area contributed by atoms with Crippen LogP contribution in [0.4, 0.5) is 5.00 Å². The highest BCUT2D eigenvalue weighted by atomic mass is 32.2. The number of hydrogen-bond donors (Lipinski definition) is 0. The van der Waals surface area contributed by atoms with Crippen molar-refractivity contribution < 1.29 is 0 Å². The molecule has 3 heterocycles. The van der Waals surface area contributed by atoms with E-state index in [1.165, 1.54) is 51.6 Å². The number of aliphatic imine (C=N–C) groups is 1. The molecule has 1 aromatic heterocycles. The number of fused-ring (bicyclic) bond motifs is 4. The van der Waals surface area contributed by atoms with Crippen molar-refractivity contribution in [3.8, 4) is 12.3 Å². The van der Waals surface area contributed by atoms with Crippen LogP contribution < -0.4 is 0 Å². The summed E-state index contributed by atoms with van der Waals surface area (Å²) in [5.74, 6) is 4.03. The van der Waals surface area contributed by atoms with Gasteiger partial charge in [0.05, 0.1) is 4.91 Å². The Balaban J connectivity index is 1.80. The van der Waals surface area contributed by atoms with Gasteiger partial charge in [0.1, 0.15) is 10.8 Å². The molecule has 2 aliphatic heterocycles. The Morgan fingerprint density at radius 3 is 2.90 bits per heavy atom. The van der Waals surface area contributed by atoms with Crippen LogP contribution >= 0.6 is 23.1 Å². The van der Waals surface area contributed by atoms with Crippen LogP contribution in [0.5, 0.6) is 0 Å². The van der Waals surface area contributed by atoms with Crippen LogP contribution in [0.2, 0.25) is 0 Å². The topological polar surface area (TPSA) is 15.6 Å². The Morgan fingerprint density at radius 2 is 2.14 bits per heavy atom. The number of amidine groups is 1. The first kappa shape index (κ1) is 20.1. The fraction of sp³-hybridized carbons (Fsp3) is 0.320. The third kappa shape index (κ3) is 3.70. The minimum Gasteiger partial charge on any atom is -0.330 e. The molecular weight excluding hydrogens is 392 g/mol. The zero-order valence-electron chi connectivity index (χ0n) is 17.0. The summed E-state index contributed by atoms with van der Waals surface area (Å²) in [5.41, 5.74) is 5.06. The molecule has 1 aliphatic carbocycles. The van der Waals surface area contributed by atoms with Gasteiger partial charge in [-0.15, -0.1) is 17.8 Å². The minimum absolute atomic E-state index is 0.913. The molecular formula is C25H26N2S2. The molecule has 0 spiro atoms. The lowest BCUT2D eigenvalue weighted by Crippen LogP contribution is -2.30. The monoisotopic (exact) mass is 418 g/mol. The molecule has 0 amide bonds. The number of hydrogen-bond acceptors (Lipinski definition) is 4. The predicted molar refractivity (Wildman–Crippen MR) is 130 cm³/mol. The van der Waals surface area contributed by atoms with Crippen LogP contribution in [0.25, 0.3) is 10.6 Å². The van der Waals surface area contributed by atoms with Gasteiger partial charge in [-0.1, -0.05) is 55.5 Å². The summed E-state index contributed by atoms with van der Waals surface area (Å²) < 4.78 is 0. The molecule has 2 nitrogen and oxygen atoms in total. The van der Waals surface area contributed by atoms with E-state index in [1.54, 1.807) is 23.1 Å². The number of terminal acetylenes is 1. The van der Waals surface area contributed by atoms with Crippen LogP contribution in [-0.2, 0) is 6.42 Å². The van der Waals surface area contributed by atoms with Gasteiger partial charge in [0.15, 0.2) is 0 Å². The van der Waals surface area contributed by atoms with E-state index in [-0.39, 0.29) is 0 Å². The standard InChI is InChI=1S/C25H26N2S2/c1-5-8-12-19(7-3)28-23-18(6-2)14-15-20-22-17(4)27-16-11-9-10-13-21(27)26-25(22)29-24(20)23/h3,5-6,8,12H,2,4,9-11,13-16H2,1H3/b8-5-,19-12+. The molecule has 148 valence electrons. The van der Waals surface area contributed by atoms with E-state index in [1.807, 2.05) is 31.2 Å². The Labute approximate surface area is 182 Å². The predicted octanol–water partition coefficient (Wildman–Crippen LogP) is 7.31. The molecule has 29 heavy (non-hydrogen) atoms. The lowest BCUT2D eigenvalue weighted by atomic mass is 9.93. The first-order valence-corrected chi connectivity index (χ1v) is 11.8. The first-order valence-electron chi connectivity index (χ1n) is 10.2. The van der Waals surface area contributed by atoms with Crippen LogP contribution in [-0.4, -0.2) is 17.3 Å². The Hall–Kier alpha value is -2.22. The number of nitrogens with zero attached hydrogens (tertiary/aromatic N) is 2. The summed E-state index contributed by atoms with van der Waals surface area (Å²) >= 11 is 3.47. The average Bonchev–Trinajstić information content (AvgIpc) is 2.94. The van der Waals surface area contributed by atoms with Crippen molar-refractivity contribution in [2.45, 2.75) is 45.4 Å². The van der Waals surface area contributed by atoms with Gasteiger partial charge in [0.25, 0.3) is 0 Å². The second-order valence-electron chi connectivity index (χ2n) is 7.39. The third-order valence-electron chi connectivity index (χ3n) is 5.61. The maximum atomic E-state index is 5.79. The third-order valence-corrected chi connectivity index (χ3v) is 8.03. The van der Waals surface area contributed by atoms with Gasteiger partial charge in [0.2, 0.25) is 0 Å². The van der Waals surface area contributed by atoms with E-state index in [0.717, 1.165) is 41.4 Å². The molecule has 0 unspecified atom stereocenters. The summed E-state index contributed by atoms with van der Waals surface area (Å²) in [6.45, 7) is 11.6. The van der Waals surface area contributed by atoms with Gasteiger partial charge in [0, 0.05) is 34.0 Å². The van der Waals surface area contributed by atoms with Crippen molar-refractivity contribution in [3.05, 3.63) is 63.9 Å². The molecule has 3 aliphatic rings. The van der Waals surface area contributed by atoms with Crippen molar-refractivity contribution in [2.24, 2.45) is 4.99 Å². The van der Waals surface area contributed by atoms with E-state index in [4.69, 9.17) is 11.4 Å². The molecule has 4 heteroatoms. The van der Waals surface area contributed by atoms with E-state index in [9.17, 15) is 0 Å². The van der Waals surface area contributed by atoms with Gasteiger partial charge in [-0.3, -0.25) is 0 Å². The molecule has 0 aromatic carbocycles. The highest BCUT2D eigenvalue weighted by Gasteiger charge is 2.33. The molecule has 0 bridgehead atoms. The van der Waals surface area contributed by atoms with Gasteiger partial charge in [-0.05, 0) is 49.8 Å². The van der Waals surface area contributed by atoms with E-state index < -0.39 is 0 Å². The molecule has 0 atom stereocenters. The lowest BCUT2D eigenvalue weighted by Gasteiger charge is -2.30. The number of thioether (sulfide) groups is 1. The lowest BCUT2D eigenvalue weighted by molar-refractivity contribution is 0.557. The summed E-state index contributed by atoms with van der Waals surface area (Å²) in [7, 11) is 0. The highest BCUT2D eigenvalue weighted by Crippen LogP contribution is 2.53. The summed E-state index contributed by atoms with van der Waals surface area (Å²) in [6.07, 6.45) is 20.5.